The van der Waals surface area contributed by atoms with Gasteiger partial charge in [-0.3, -0.25) is 9.59 Å². The number of nitrogens with one attached hydrogen (secondary N) is 1. The zero-order valence-corrected chi connectivity index (χ0v) is 12.7. The van der Waals surface area contributed by atoms with Crippen LogP contribution in [0.1, 0.15) is 48.3 Å². The second-order valence-corrected chi connectivity index (χ2v) is 5.34. The first kappa shape index (κ1) is 14.5. The molecule has 0 saturated carbocycles. The van der Waals surface area contributed by atoms with Gasteiger partial charge >= 0.3 is 0 Å². The Bertz CT molecular complexity index is 724. The van der Waals surface area contributed by atoms with Crippen LogP contribution in [-0.4, -0.2) is 44.9 Å². The average Bonchev–Trinajstić information content (AvgIpc) is 3.19. The third-order valence-corrected chi connectivity index (χ3v) is 4.12. The molecule has 7 nitrogen and oxygen atoms in total. The van der Waals surface area contributed by atoms with Crippen LogP contribution in [0.2, 0.25) is 0 Å². The van der Waals surface area contributed by atoms with Crippen LogP contribution in [0.15, 0.2) is 18.5 Å². The molecule has 116 valence electrons. The lowest BCUT2D eigenvalue weighted by atomic mass is 10.1. The summed E-state index contributed by atoms with van der Waals surface area (Å²) in [5.74, 6) is -0.0706. The van der Waals surface area contributed by atoms with Gasteiger partial charge < -0.3 is 10.2 Å². The summed E-state index contributed by atoms with van der Waals surface area (Å²) >= 11 is 0. The van der Waals surface area contributed by atoms with Crippen molar-refractivity contribution in [2.45, 2.75) is 32.2 Å². The minimum absolute atomic E-state index is 0.00427. The van der Waals surface area contributed by atoms with Gasteiger partial charge in [0.15, 0.2) is 5.65 Å². The molecule has 0 radical (unpaired) electrons. The van der Waals surface area contributed by atoms with Crippen molar-refractivity contribution in [3.05, 3.63) is 29.7 Å². The highest BCUT2D eigenvalue weighted by Crippen LogP contribution is 2.32. The quantitative estimate of drug-likeness (QED) is 0.922. The van der Waals surface area contributed by atoms with E-state index in [-0.39, 0.29) is 17.9 Å². The second kappa shape index (κ2) is 5.75. The highest BCUT2D eigenvalue weighted by Gasteiger charge is 2.31. The number of likely N-dealkylation sites (tertiary alicyclic amines) is 1. The van der Waals surface area contributed by atoms with E-state index in [1.54, 1.807) is 17.8 Å². The van der Waals surface area contributed by atoms with Gasteiger partial charge in [0.05, 0.1) is 17.9 Å². The molecule has 2 aromatic heterocycles. The first-order valence-electron chi connectivity index (χ1n) is 7.51. The standard InChI is InChI=1S/C15H19N5O2/c1-3-13(21)19-8-4-5-11(19)12-6-7-17-14-10(15(22)16-2)9-18-20(12)14/h6-7,9,11H,3-5,8H2,1-2H3,(H,16,22)/t11-/m1/s1. The zero-order valence-electron chi connectivity index (χ0n) is 12.7. The van der Waals surface area contributed by atoms with Gasteiger partial charge in [-0.2, -0.15) is 5.10 Å². The summed E-state index contributed by atoms with van der Waals surface area (Å²) in [6.45, 7) is 2.64. The predicted octanol–water partition coefficient (Wildman–Crippen LogP) is 1.16. The molecule has 3 rings (SSSR count). The lowest BCUT2D eigenvalue weighted by Crippen LogP contribution is -2.31. The van der Waals surface area contributed by atoms with Crippen LogP contribution in [0.5, 0.6) is 0 Å². The fourth-order valence-electron chi connectivity index (χ4n) is 3.03. The van der Waals surface area contributed by atoms with Gasteiger partial charge in [-0.1, -0.05) is 6.92 Å². The number of carbonyl (C=O) groups is 2. The van der Waals surface area contributed by atoms with Gasteiger partial charge in [-0.25, -0.2) is 9.50 Å². The van der Waals surface area contributed by atoms with Gasteiger partial charge in [-0.05, 0) is 18.9 Å². The molecule has 0 unspecified atom stereocenters. The third-order valence-electron chi connectivity index (χ3n) is 4.12. The Labute approximate surface area is 128 Å². The molecule has 1 atom stereocenters. The number of hydrogen-bond acceptors (Lipinski definition) is 4. The zero-order chi connectivity index (χ0) is 15.7. The summed E-state index contributed by atoms with van der Waals surface area (Å²) in [6, 6.07) is 1.87. The maximum atomic E-state index is 12.1. The summed E-state index contributed by atoms with van der Waals surface area (Å²) in [4.78, 5) is 30.1. The highest BCUT2D eigenvalue weighted by atomic mass is 16.2. The number of aromatic nitrogens is 3. The molecule has 0 bridgehead atoms. The molecule has 1 fully saturated rings. The number of nitrogens with zero attached hydrogens (tertiary/aromatic N) is 4. The SMILES string of the molecule is CCC(=O)N1CCC[C@@H]1c1ccnc2c(C(=O)NC)cnn12. The van der Waals surface area contributed by atoms with Crippen LogP contribution in [0.3, 0.4) is 0 Å². The Balaban J connectivity index is 2.06. The molecule has 0 aromatic carbocycles. The third kappa shape index (κ3) is 2.22. The smallest absolute Gasteiger partial charge is 0.256 e. The topological polar surface area (TPSA) is 79.6 Å². The van der Waals surface area contributed by atoms with Gasteiger partial charge in [0.2, 0.25) is 5.91 Å². The molecule has 1 saturated heterocycles. The van der Waals surface area contributed by atoms with Crippen molar-refractivity contribution < 1.29 is 9.59 Å². The fraction of sp³-hybridized carbons (Fsp3) is 0.467. The monoisotopic (exact) mass is 301 g/mol. The van der Waals surface area contributed by atoms with Crippen LogP contribution in [0.4, 0.5) is 0 Å². The molecular weight excluding hydrogens is 282 g/mol. The van der Waals surface area contributed by atoms with E-state index in [0.29, 0.717) is 17.6 Å². The number of carbonyl (C=O) groups excluding carboxylic acids is 2. The molecule has 3 heterocycles. The van der Waals surface area contributed by atoms with E-state index in [1.165, 1.54) is 6.20 Å². The summed E-state index contributed by atoms with van der Waals surface area (Å²) in [6.07, 6.45) is 5.56. The first-order chi connectivity index (χ1) is 10.7. The number of rotatable bonds is 3. The molecular formula is C15H19N5O2. The summed E-state index contributed by atoms with van der Waals surface area (Å²) in [7, 11) is 1.58. The van der Waals surface area contributed by atoms with Crippen molar-refractivity contribution in [1.29, 1.82) is 0 Å². The lowest BCUT2D eigenvalue weighted by molar-refractivity contribution is -0.131. The number of hydrogen-bond donors (Lipinski definition) is 1. The maximum absolute atomic E-state index is 12.1. The molecule has 2 aromatic rings. The Morgan fingerprint density at radius 2 is 2.27 bits per heavy atom. The summed E-state index contributed by atoms with van der Waals surface area (Å²) in [5.41, 5.74) is 1.86. The Morgan fingerprint density at radius 3 is 3.00 bits per heavy atom. The van der Waals surface area contributed by atoms with E-state index in [4.69, 9.17) is 0 Å². The maximum Gasteiger partial charge on any atom is 0.256 e. The first-order valence-corrected chi connectivity index (χ1v) is 7.51. The average molecular weight is 301 g/mol. The van der Waals surface area contributed by atoms with E-state index < -0.39 is 0 Å². The molecule has 22 heavy (non-hydrogen) atoms. The van der Waals surface area contributed by atoms with Crippen LogP contribution in [0.25, 0.3) is 5.65 Å². The summed E-state index contributed by atoms with van der Waals surface area (Å²) < 4.78 is 1.68. The lowest BCUT2D eigenvalue weighted by Gasteiger charge is -2.24. The van der Waals surface area contributed by atoms with Crippen molar-refractivity contribution in [2.24, 2.45) is 0 Å². The molecule has 0 spiro atoms. The highest BCUT2D eigenvalue weighted by molar-refractivity contribution is 5.99. The van der Waals surface area contributed by atoms with Crippen molar-refractivity contribution in [1.82, 2.24) is 24.8 Å². The van der Waals surface area contributed by atoms with E-state index in [2.05, 4.69) is 15.4 Å². The van der Waals surface area contributed by atoms with E-state index >= 15 is 0 Å². The molecule has 2 amide bonds. The van der Waals surface area contributed by atoms with E-state index in [9.17, 15) is 9.59 Å². The van der Waals surface area contributed by atoms with Crippen LogP contribution in [-0.2, 0) is 4.79 Å². The fourth-order valence-corrected chi connectivity index (χ4v) is 3.03. The largest absolute Gasteiger partial charge is 0.355 e. The van der Waals surface area contributed by atoms with Crippen LogP contribution in [0, 0.1) is 0 Å². The van der Waals surface area contributed by atoms with E-state index in [0.717, 1.165) is 25.1 Å². The minimum atomic E-state index is -0.215. The number of fused-ring (bicyclic) bond motifs is 1. The Morgan fingerprint density at radius 1 is 1.45 bits per heavy atom. The molecule has 0 aliphatic carbocycles. The van der Waals surface area contributed by atoms with Crippen LogP contribution >= 0.6 is 0 Å². The molecule has 1 N–H and O–H groups in total. The molecule has 7 heteroatoms. The van der Waals surface area contributed by atoms with Gasteiger partial charge in [0, 0.05) is 26.2 Å². The van der Waals surface area contributed by atoms with Crippen molar-refractivity contribution in [3.8, 4) is 0 Å². The van der Waals surface area contributed by atoms with Crippen molar-refractivity contribution >= 4 is 17.5 Å². The number of amides is 2. The normalized spacial score (nSPS) is 17.9. The van der Waals surface area contributed by atoms with Crippen LogP contribution < -0.4 is 5.32 Å². The molecule has 1 aliphatic rings. The molecule has 1 aliphatic heterocycles. The van der Waals surface area contributed by atoms with Crippen molar-refractivity contribution in [2.75, 3.05) is 13.6 Å². The van der Waals surface area contributed by atoms with Gasteiger partial charge in [0.25, 0.3) is 5.91 Å². The Hall–Kier alpha value is -2.44. The second-order valence-electron chi connectivity index (χ2n) is 5.34. The minimum Gasteiger partial charge on any atom is -0.355 e. The van der Waals surface area contributed by atoms with Crippen molar-refractivity contribution in [3.63, 3.8) is 0 Å². The predicted molar refractivity (Wildman–Crippen MR) is 80.4 cm³/mol. The van der Waals surface area contributed by atoms with E-state index in [1.807, 2.05) is 17.9 Å². The summed E-state index contributed by atoms with van der Waals surface area (Å²) in [5, 5.41) is 6.90. The Kier molecular flexibility index (Phi) is 3.79. The van der Waals surface area contributed by atoms with Gasteiger partial charge in [-0.15, -0.1) is 0 Å². The van der Waals surface area contributed by atoms with Gasteiger partial charge in [0.1, 0.15) is 5.56 Å².